The molecule has 126 valence electrons. The number of aliphatic imine (C=N–C) groups is 1. The van der Waals surface area contributed by atoms with Crippen molar-refractivity contribution in [1.82, 2.24) is 15.6 Å². The number of nitrogens with one attached hydrogen (secondary N) is 2. The van der Waals surface area contributed by atoms with Crippen molar-refractivity contribution in [3.8, 4) is 0 Å². The van der Waals surface area contributed by atoms with Crippen LogP contribution in [0.15, 0.2) is 11.2 Å². The Labute approximate surface area is 155 Å². The number of halogens is 1. The van der Waals surface area contributed by atoms with E-state index in [1.807, 2.05) is 6.20 Å². The Hall–Kier alpha value is -0.370. The Morgan fingerprint density at radius 3 is 2.86 bits per heavy atom. The van der Waals surface area contributed by atoms with Crippen LogP contribution in [0.25, 0.3) is 0 Å². The quantitative estimate of drug-likeness (QED) is 0.418. The highest BCUT2D eigenvalue weighted by Gasteiger charge is 2.19. The van der Waals surface area contributed by atoms with Gasteiger partial charge in [0.1, 0.15) is 5.01 Å². The zero-order valence-electron chi connectivity index (χ0n) is 13.9. The smallest absolute Gasteiger partial charge is 0.191 e. The van der Waals surface area contributed by atoms with Crippen LogP contribution in [0.5, 0.6) is 0 Å². The number of thiazole rings is 1. The first-order valence-corrected chi connectivity index (χ1v) is 9.01. The predicted octanol–water partition coefficient (Wildman–Crippen LogP) is 3.96. The van der Waals surface area contributed by atoms with Gasteiger partial charge in [-0.2, -0.15) is 0 Å². The molecule has 1 aliphatic carbocycles. The van der Waals surface area contributed by atoms with Crippen LogP contribution in [0, 0.1) is 5.92 Å². The second-order valence-corrected chi connectivity index (χ2v) is 7.08. The van der Waals surface area contributed by atoms with Crippen LogP contribution in [-0.4, -0.2) is 23.5 Å². The van der Waals surface area contributed by atoms with E-state index in [0.29, 0.717) is 12.6 Å². The molecule has 1 heterocycles. The van der Waals surface area contributed by atoms with Crippen LogP contribution in [0.1, 0.15) is 56.3 Å². The standard InChI is InChI=1S/C16H28N4S.HI/c1-4-14-10-18-15(21-14)11-19-16(17-5-2)20-13-8-6-7-12(3)9-13;/h10,12-13H,4-9,11H2,1-3H3,(H2,17,19,20);1H. The van der Waals surface area contributed by atoms with E-state index >= 15 is 0 Å². The lowest BCUT2D eigenvalue weighted by atomic mass is 9.87. The summed E-state index contributed by atoms with van der Waals surface area (Å²) in [5.41, 5.74) is 0. The largest absolute Gasteiger partial charge is 0.357 e. The fourth-order valence-electron chi connectivity index (χ4n) is 2.81. The molecule has 6 heteroatoms. The summed E-state index contributed by atoms with van der Waals surface area (Å²) in [4.78, 5) is 10.5. The van der Waals surface area contributed by atoms with Crippen molar-refractivity contribution in [3.63, 3.8) is 0 Å². The highest BCUT2D eigenvalue weighted by molar-refractivity contribution is 14.0. The lowest BCUT2D eigenvalue weighted by Crippen LogP contribution is -2.45. The Morgan fingerprint density at radius 2 is 2.23 bits per heavy atom. The molecule has 0 bridgehead atoms. The Kier molecular flexibility index (Phi) is 9.31. The molecule has 2 unspecified atom stereocenters. The van der Waals surface area contributed by atoms with Crippen molar-refractivity contribution in [2.45, 2.75) is 65.5 Å². The summed E-state index contributed by atoms with van der Waals surface area (Å²) in [6.45, 7) is 8.18. The molecule has 2 rings (SSSR count). The van der Waals surface area contributed by atoms with Gasteiger partial charge in [0.05, 0.1) is 6.54 Å². The van der Waals surface area contributed by atoms with E-state index in [2.05, 4.69) is 36.4 Å². The number of hydrogen-bond donors (Lipinski definition) is 2. The van der Waals surface area contributed by atoms with Crippen LogP contribution in [0.3, 0.4) is 0 Å². The summed E-state index contributed by atoms with van der Waals surface area (Å²) in [6, 6.07) is 0.564. The minimum Gasteiger partial charge on any atom is -0.357 e. The van der Waals surface area contributed by atoms with Crippen molar-refractivity contribution in [3.05, 3.63) is 16.1 Å². The zero-order valence-corrected chi connectivity index (χ0v) is 17.0. The van der Waals surface area contributed by atoms with Crippen LogP contribution in [0.4, 0.5) is 0 Å². The molecule has 1 aliphatic rings. The molecule has 0 saturated heterocycles. The van der Waals surface area contributed by atoms with Gasteiger partial charge < -0.3 is 10.6 Å². The van der Waals surface area contributed by atoms with E-state index in [1.165, 1.54) is 30.6 Å². The number of nitrogens with zero attached hydrogens (tertiary/aromatic N) is 2. The SMILES string of the molecule is CCNC(=NCc1ncc(CC)s1)NC1CCCC(C)C1.I. The van der Waals surface area contributed by atoms with Crippen LogP contribution in [-0.2, 0) is 13.0 Å². The van der Waals surface area contributed by atoms with E-state index in [9.17, 15) is 0 Å². The molecule has 0 radical (unpaired) electrons. The predicted molar refractivity (Wildman–Crippen MR) is 106 cm³/mol. The van der Waals surface area contributed by atoms with Gasteiger partial charge in [0.15, 0.2) is 5.96 Å². The monoisotopic (exact) mass is 436 g/mol. The summed E-state index contributed by atoms with van der Waals surface area (Å²) in [7, 11) is 0. The number of aromatic nitrogens is 1. The minimum atomic E-state index is 0. The molecule has 1 saturated carbocycles. The molecule has 1 aromatic rings. The second-order valence-electron chi connectivity index (χ2n) is 5.88. The molecule has 1 aromatic heterocycles. The van der Waals surface area contributed by atoms with Gasteiger partial charge in [-0.1, -0.05) is 26.7 Å². The molecule has 0 amide bonds. The van der Waals surface area contributed by atoms with E-state index in [0.717, 1.165) is 29.9 Å². The molecule has 2 N–H and O–H groups in total. The third-order valence-electron chi connectivity index (χ3n) is 3.94. The van der Waals surface area contributed by atoms with Gasteiger partial charge in [-0.3, -0.25) is 0 Å². The molecule has 0 aliphatic heterocycles. The molecular formula is C16H29IN4S. The highest BCUT2D eigenvalue weighted by atomic mass is 127. The molecule has 1 fully saturated rings. The average Bonchev–Trinajstić information content (AvgIpc) is 2.93. The first-order valence-electron chi connectivity index (χ1n) is 8.19. The number of aryl methyl sites for hydroxylation is 1. The van der Waals surface area contributed by atoms with Gasteiger partial charge in [-0.15, -0.1) is 35.3 Å². The minimum absolute atomic E-state index is 0. The normalized spacial score (nSPS) is 22.0. The summed E-state index contributed by atoms with van der Waals surface area (Å²) in [5, 5.41) is 8.04. The van der Waals surface area contributed by atoms with Crippen LogP contribution < -0.4 is 10.6 Å². The van der Waals surface area contributed by atoms with Gasteiger partial charge >= 0.3 is 0 Å². The fourth-order valence-corrected chi connectivity index (χ4v) is 3.60. The molecule has 22 heavy (non-hydrogen) atoms. The maximum absolute atomic E-state index is 4.69. The Balaban J connectivity index is 0.00000242. The summed E-state index contributed by atoms with van der Waals surface area (Å²) in [6.07, 6.45) is 8.22. The second kappa shape index (κ2) is 10.4. The van der Waals surface area contributed by atoms with Crippen molar-refractivity contribution >= 4 is 41.3 Å². The third-order valence-corrected chi connectivity index (χ3v) is 5.07. The molecule has 0 aromatic carbocycles. The topological polar surface area (TPSA) is 49.3 Å². The zero-order chi connectivity index (χ0) is 15.1. The maximum Gasteiger partial charge on any atom is 0.191 e. The lowest BCUT2D eigenvalue weighted by molar-refractivity contribution is 0.324. The van der Waals surface area contributed by atoms with E-state index in [1.54, 1.807) is 11.3 Å². The van der Waals surface area contributed by atoms with E-state index < -0.39 is 0 Å². The van der Waals surface area contributed by atoms with Crippen molar-refractivity contribution in [2.24, 2.45) is 10.9 Å². The maximum atomic E-state index is 4.69. The van der Waals surface area contributed by atoms with Gasteiger partial charge in [0.25, 0.3) is 0 Å². The lowest BCUT2D eigenvalue weighted by Gasteiger charge is -2.28. The Bertz CT molecular complexity index is 461. The molecular weight excluding hydrogens is 407 g/mol. The van der Waals surface area contributed by atoms with Crippen molar-refractivity contribution in [1.29, 1.82) is 0 Å². The summed E-state index contributed by atoms with van der Waals surface area (Å²) in [5.74, 6) is 1.76. The fraction of sp³-hybridized carbons (Fsp3) is 0.750. The number of rotatable bonds is 5. The van der Waals surface area contributed by atoms with Gasteiger partial charge in [0.2, 0.25) is 0 Å². The van der Waals surface area contributed by atoms with Gasteiger partial charge in [0, 0.05) is 23.7 Å². The Morgan fingerprint density at radius 1 is 1.41 bits per heavy atom. The first-order chi connectivity index (χ1) is 10.2. The van der Waals surface area contributed by atoms with E-state index in [4.69, 9.17) is 4.99 Å². The van der Waals surface area contributed by atoms with Crippen LogP contribution >= 0.6 is 35.3 Å². The average molecular weight is 436 g/mol. The summed E-state index contributed by atoms with van der Waals surface area (Å²) < 4.78 is 0. The molecule has 0 spiro atoms. The van der Waals surface area contributed by atoms with Gasteiger partial charge in [-0.25, -0.2) is 9.98 Å². The van der Waals surface area contributed by atoms with Crippen LogP contribution in [0.2, 0.25) is 0 Å². The van der Waals surface area contributed by atoms with E-state index in [-0.39, 0.29) is 24.0 Å². The highest BCUT2D eigenvalue weighted by Crippen LogP contribution is 2.23. The third kappa shape index (κ3) is 6.40. The first kappa shape index (κ1) is 19.7. The van der Waals surface area contributed by atoms with Crippen molar-refractivity contribution < 1.29 is 0 Å². The number of hydrogen-bond acceptors (Lipinski definition) is 3. The summed E-state index contributed by atoms with van der Waals surface area (Å²) >= 11 is 1.77. The van der Waals surface area contributed by atoms with Gasteiger partial charge in [-0.05, 0) is 32.1 Å². The van der Waals surface area contributed by atoms with Crippen molar-refractivity contribution in [2.75, 3.05) is 6.54 Å². The number of guanidine groups is 1. The molecule has 4 nitrogen and oxygen atoms in total. The molecule has 2 atom stereocenters.